The first-order chi connectivity index (χ1) is 12.7. The number of thioether (sulfide) groups is 1. The number of nitrogens with two attached hydrogens (primary N) is 1. The minimum atomic E-state index is -0.182. The molecule has 3 aromatic rings. The summed E-state index contributed by atoms with van der Waals surface area (Å²) in [6.45, 7) is 0.831. The van der Waals surface area contributed by atoms with Gasteiger partial charge in [-0.25, -0.2) is 4.98 Å². The molecule has 5 nitrogen and oxygen atoms in total. The number of aromatic nitrogens is 1. The van der Waals surface area contributed by atoms with Crippen LogP contribution in [0.1, 0.15) is 0 Å². The molecule has 0 aliphatic carbocycles. The minimum Gasteiger partial charge on any atom is -0.484 e. The van der Waals surface area contributed by atoms with E-state index in [-0.39, 0.29) is 12.5 Å². The summed E-state index contributed by atoms with van der Waals surface area (Å²) in [6.07, 6.45) is 2.08. The Bertz CT molecular complexity index is 876. The molecule has 26 heavy (non-hydrogen) atoms. The van der Waals surface area contributed by atoms with Crippen LogP contribution in [-0.2, 0) is 4.79 Å². The number of hydrogen-bond acceptors (Lipinski definition) is 7. The number of thiophene rings is 1. The van der Waals surface area contributed by atoms with Crippen LogP contribution in [0, 0.1) is 0 Å². The number of rotatable bonds is 8. The van der Waals surface area contributed by atoms with Crippen LogP contribution in [0.25, 0.3) is 21.8 Å². The second-order valence-electron chi connectivity index (χ2n) is 5.32. The second-order valence-corrected chi connectivity index (χ2v) is 8.17. The van der Waals surface area contributed by atoms with E-state index in [0.717, 1.165) is 16.3 Å². The highest BCUT2D eigenvalue weighted by atomic mass is 32.2. The third-order valence-corrected chi connectivity index (χ3v) is 6.48. The summed E-state index contributed by atoms with van der Waals surface area (Å²) >= 11 is 5.10. The third kappa shape index (κ3) is 4.64. The average Bonchev–Trinajstić information content (AvgIpc) is 3.33. The molecule has 0 atom stereocenters. The van der Waals surface area contributed by atoms with Crippen LogP contribution in [0.3, 0.4) is 0 Å². The molecule has 1 aromatic carbocycles. The Labute approximate surface area is 164 Å². The fraction of sp³-hybridized carbons (Fsp3) is 0.222. The number of carbonyl (C=O) groups is 1. The summed E-state index contributed by atoms with van der Waals surface area (Å²) in [5, 5.41) is 7.83. The number of thiazole rings is 1. The summed E-state index contributed by atoms with van der Waals surface area (Å²) in [4.78, 5) is 16.4. The zero-order valence-electron chi connectivity index (χ0n) is 14.2. The third-order valence-electron chi connectivity index (χ3n) is 3.52. The molecule has 0 spiro atoms. The number of amides is 1. The fourth-order valence-corrected chi connectivity index (χ4v) is 4.84. The van der Waals surface area contributed by atoms with E-state index in [1.807, 2.05) is 29.6 Å². The van der Waals surface area contributed by atoms with Crippen molar-refractivity contribution in [1.82, 2.24) is 10.3 Å². The van der Waals surface area contributed by atoms with Crippen LogP contribution >= 0.6 is 34.4 Å². The van der Waals surface area contributed by atoms with Crippen molar-refractivity contribution in [1.29, 1.82) is 0 Å². The van der Waals surface area contributed by atoms with Crippen molar-refractivity contribution in [2.24, 2.45) is 5.73 Å². The molecule has 2 aromatic heterocycles. The van der Waals surface area contributed by atoms with Crippen LogP contribution in [0.4, 0.5) is 0 Å². The molecule has 0 aliphatic rings. The van der Waals surface area contributed by atoms with Gasteiger partial charge in [0.15, 0.2) is 6.61 Å². The van der Waals surface area contributed by atoms with E-state index in [1.54, 1.807) is 34.4 Å². The number of carbonyl (C=O) groups excluding carboxylic acids is 1. The predicted molar refractivity (Wildman–Crippen MR) is 110 cm³/mol. The van der Waals surface area contributed by atoms with Crippen molar-refractivity contribution in [2.45, 2.75) is 4.21 Å². The maximum Gasteiger partial charge on any atom is 0.257 e. The smallest absolute Gasteiger partial charge is 0.257 e. The quantitative estimate of drug-likeness (QED) is 0.559. The summed E-state index contributed by atoms with van der Waals surface area (Å²) in [5.41, 5.74) is 8.41. The summed E-state index contributed by atoms with van der Waals surface area (Å²) in [7, 11) is 0. The van der Waals surface area contributed by atoms with E-state index in [4.69, 9.17) is 15.5 Å². The van der Waals surface area contributed by atoms with Crippen LogP contribution in [0.15, 0.2) is 45.3 Å². The van der Waals surface area contributed by atoms with Gasteiger partial charge in [0.25, 0.3) is 5.91 Å². The van der Waals surface area contributed by atoms with Crippen molar-refractivity contribution in [3.63, 3.8) is 0 Å². The first-order valence-corrected chi connectivity index (χ1v) is 11.0. The fourth-order valence-electron chi connectivity index (χ4n) is 2.30. The monoisotopic (exact) mass is 405 g/mol. The van der Waals surface area contributed by atoms with Gasteiger partial charge in [-0.15, -0.1) is 34.4 Å². The molecule has 8 heteroatoms. The average molecular weight is 406 g/mol. The van der Waals surface area contributed by atoms with Gasteiger partial charge < -0.3 is 15.8 Å². The van der Waals surface area contributed by atoms with Crippen molar-refractivity contribution in [2.75, 3.05) is 26.0 Å². The Hall–Kier alpha value is -1.87. The molecule has 0 fully saturated rings. The molecule has 0 aliphatic heterocycles. The van der Waals surface area contributed by atoms with Crippen LogP contribution in [0.2, 0.25) is 0 Å². The molecule has 0 saturated heterocycles. The number of nitrogens with one attached hydrogen (secondary N) is 1. The van der Waals surface area contributed by atoms with Gasteiger partial charge in [-0.05, 0) is 29.8 Å². The Balaban J connectivity index is 1.71. The van der Waals surface area contributed by atoms with Gasteiger partial charge in [0, 0.05) is 29.6 Å². The van der Waals surface area contributed by atoms with Crippen molar-refractivity contribution >= 4 is 40.3 Å². The van der Waals surface area contributed by atoms with Crippen LogP contribution in [-0.4, -0.2) is 36.8 Å². The van der Waals surface area contributed by atoms with Crippen molar-refractivity contribution < 1.29 is 9.53 Å². The van der Waals surface area contributed by atoms with E-state index >= 15 is 0 Å². The predicted octanol–water partition coefficient (Wildman–Crippen LogP) is 3.71. The standard InChI is InChI=1S/C18H19N3O2S3/c1-24-18-14(5-8-25-18)17-21-15(11-26-17)12-3-2-4-13(9-12)23-10-16(22)20-7-6-19/h2-5,8-9,11H,6-7,10,19H2,1H3,(H,20,22). The van der Waals surface area contributed by atoms with Gasteiger partial charge >= 0.3 is 0 Å². The lowest BCUT2D eigenvalue weighted by atomic mass is 10.1. The zero-order valence-corrected chi connectivity index (χ0v) is 16.7. The lowest BCUT2D eigenvalue weighted by Crippen LogP contribution is -2.32. The molecule has 136 valence electrons. The van der Waals surface area contributed by atoms with Crippen LogP contribution in [0.5, 0.6) is 5.75 Å². The first kappa shape index (κ1) is 18.9. The number of hydrogen-bond donors (Lipinski definition) is 2. The van der Waals surface area contributed by atoms with Gasteiger partial charge in [-0.2, -0.15) is 0 Å². The van der Waals surface area contributed by atoms with E-state index in [1.165, 1.54) is 9.77 Å². The van der Waals surface area contributed by atoms with E-state index in [9.17, 15) is 4.79 Å². The highest BCUT2D eigenvalue weighted by Crippen LogP contribution is 2.38. The van der Waals surface area contributed by atoms with Gasteiger partial charge in [0.2, 0.25) is 0 Å². The number of benzene rings is 1. The van der Waals surface area contributed by atoms with E-state index in [0.29, 0.717) is 18.8 Å². The number of nitrogens with zero attached hydrogens (tertiary/aromatic N) is 1. The normalized spacial score (nSPS) is 10.7. The molecule has 0 saturated carbocycles. The molecule has 1 amide bonds. The maximum atomic E-state index is 11.6. The lowest BCUT2D eigenvalue weighted by molar-refractivity contribution is -0.123. The minimum absolute atomic E-state index is 0.0300. The van der Waals surface area contributed by atoms with Gasteiger partial charge in [0.1, 0.15) is 10.8 Å². The Morgan fingerprint density at radius 3 is 3.04 bits per heavy atom. The van der Waals surface area contributed by atoms with Gasteiger partial charge in [-0.1, -0.05) is 12.1 Å². The Kier molecular flexibility index (Phi) is 6.67. The molecule has 0 radical (unpaired) electrons. The first-order valence-electron chi connectivity index (χ1n) is 7.98. The van der Waals surface area contributed by atoms with Gasteiger partial charge in [-0.3, -0.25) is 4.79 Å². The second kappa shape index (κ2) is 9.18. The summed E-state index contributed by atoms with van der Waals surface area (Å²) in [5.74, 6) is 0.458. The Morgan fingerprint density at radius 1 is 1.35 bits per heavy atom. The summed E-state index contributed by atoms with van der Waals surface area (Å²) in [6, 6.07) is 9.73. The van der Waals surface area contributed by atoms with Crippen LogP contribution < -0.4 is 15.8 Å². The number of ether oxygens (including phenoxy) is 1. The van der Waals surface area contributed by atoms with Crippen molar-refractivity contribution in [3.8, 4) is 27.6 Å². The molecular formula is C18H19N3O2S3. The Morgan fingerprint density at radius 2 is 2.23 bits per heavy atom. The molecule has 3 rings (SSSR count). The van der Waals surface area contributed by atoms with E-state index < -0.39 is 0 Å². The molecule has 2 heterocycles. The largest absolute Gasteiger partial charge is 0.484 e. The molecule has 3 N–H and O–H groups in total. The zero-order chi connectivity index (χ0) is 18.4. The SMILES string of the molecule is CSc1sccc1-c1nc(-c2cccc(OCC(=O)NCCN)c2)cs1. The summed E-state index contributed by atoms with van der Waals surface area (Å²) < 4.78 is 6.83. The topological polar surface area (TPSA) is 77.2 Å². The highest BCUT2D eigenvalue weighted by molar-refractivity contribution is 8.00. The maximum absolute atomic E-state index is 11.6. The molecule has 0 unspecified atom stereocenters. The molecule has 0 bridgehead atoms. The van der Waals surface area contributed by atoms with E-state index in [2.05, 4.69) is 23.0 Å². The lowest BCUT2D eigenvalue weighted by Gasteiger charge is -2.07. The van der Waals surface area contributed by atoms with Gasteiger partial charge in [0.05, 0.1) is 9.90 Å². The molecular weight excluding hydrogens is 386 g/mol. The van der Waals surface area contributed by atoms with Crippen molar-refractivity contribution in [3.05, 3.63) is 41.1 Å². The highest BCUT2D eigenvalue weighted by Gasteiger charge is 2.12.